The molecule has 2 rings (SSSR count). The topological polar surface area (TPSA) is 30.0 Å². The number of carbonyl (C=O) groups excluding carboxylic acids is 1. The van der Waals surface area contributed by atoms with Crippen LogP contribution in [0.1, 0.15) is 10.4 Å². The molecule has 0 fully saturated rings. The number of aromatic nitrogens is 1. The average molecular weight is 198 g/mol. The zero-order valence-corrected chi connectivity index (χ0v) is 7.52. The molecule has 0 radical (unpaired) electrons. The maximum Gasteiger partial charge on any atom is 0.154 e. The molecule has 0 bridgehead atoms. The Morgan fingerprint density at radius 2 is 2.42 bits per heavy atom. The Morgan fingerprint density at radius 3 is 3.17 bits per heavy atom. The number of halogens is 1. The van der Waals surface area contributed by atoms with E-state index in [4.69, 9.17) is 11.6 Å². The lowest BCUT2D eigenvalue weighted by Crippen LogP contribution is -1.78. The van der Waals surface area contributed by atoms with Gasteiger partial charge in [0.25, 0.3) is 0 Å². The molecule has 2 aromatic rings. The molecule has 2 nitrogen and oxygen atoms in total. The van der Waals surface area contributed by atoms with Crippen molar-refractivity contribution < 1.29 is 4.79 Å². The molecule has 60 valence electrons. The minimum Gasteiger partial charge on any atom is -0.298 e. The highest BCUT2D eigenvalue weighted by atomic mass is 35.5. The molecule has 12 heavy (non-hydrogen) atoms. The van der Waals surface area contributed by atoms with Crippen LogP contribution < -0.4 is 0 Å². The summed E-state index contributed by atoms with van der Waals surface area (Å²) in [5.41, 5.74) is 1.19. The fourth-order valence-electron chi connectivity index (χ4n) is 1.02. The summed E-state index contributed by atoms with van der Waals surface area (Å²) in [6.07, 6.45) is 2.40. The van der Waals surface area contributed by atoms with Gasteiger partial charge in [-0.3, -0.25) is 9.78 Å². The Morgan fingerprint density at radius 1 is 1.58 bits per heavy atom. The molecule has 0 N–H and O–H groups in total. The highest BCUT2D eigenvalue weighted by Gasteiger charge is 2.09. The molecule has 0 saturated carbocycles. The zero-order chi connectivity index (χ0) is 8.55. The Bertz CT molecular complexity index is 438. The van der Waals surface area contributed by atoms with Gasteiger partial charge in [-0.25, -0.2) is 0 Å². The molecular weight excluding hydrogens is 194 g/mol. The van der Waals surface area contributed by atoms with Gasteiger partial charge in [0.05, 0.1) is 15.8 Å². The Kier molecular flexibility index (Phi) is 1.83. The molecule has 0 amide bonds. The van der Waals surface area contributed by atoms with Crippen LogP contribution in [-0.2, 0) is 0 Å². The van der Waals surface area contributed by atoms with Crippen LogP contribution >= 0.6 is 22.9 Å². The molecular formula is C8H4ClNOS. The molecule has 0 aliphatic carbocycles. The van der Waals surface area contributed by atoms with E-state index in [2.05, 4.69) is 4.98 Å². The first-order chi connectivity index (χ1) is 5.83. The number of hydrogen-bond acceptors (Lipinski definition) is 3. The summed E-state index contributed by atoms with van der Waals surface area (Å²) in [6.45, 7) is 0. The van der Waals surface area contributed by atoms with Gasteiger partial charge in [0.1, 0.15) is 4.34 Å². The van der Waals surface area contributed by atoms with Crippen LogP contribution in [0.15, 0.2) is 18.3 Å². The molecule has 0 aliphatic rings. The van der Waals surface area contributed by atoms with E-state index in [1.54, 1.807) is 6.20 Å². The van der Waals surface area contributed by atoms with Crippen molar-refractivity contribution in [1.82, 2.24) is 4.98 Å². The first-order valence-electron chi connectivity index (χ1n) is 3.31. The van der Waals surface area contributed by atoms with Crippen LogP contribution in [-0.4, -0.2) is 11.3 Å². The summed E-state index contributed by atoms with van der Waals surface area (Å²) < 4.78 is 1.46. The zero-order valence-electron chi connectivity index (χ0n) is 5.95. The normalized spacial score (nSPS) is 10.4. The van der Waals surface area contributed by atoms with Gasteiger partial charge in [0, 0.05) is 6.20 Å². The summed E-state index contributed by atoms with van der Waals surface area (Å²) in [5.74, 6) is 0. The van der Waals surface area contributed by atoms with Gasteiger partial charge < -0.3 is 0 Å². The van der Waals surface area contributed by atoms with Crippen LogP contribution in [0.2, 0.25) is 4.34 Å². The number of pyridine rings is 1. The van der Waals surface area contributed by atoms with E-state index >= 15 is 0 Å². The lowest BCUT2D eigenvalue weighted by molar-refractivity contribution is 0.112. The highest BCUT2D eigenvalue weighted by Crippen LogP contribution is 2.32. The standard InChI is InChI=1S/C8H4ClNOS/c9-8-5(4-11)7-6(12-8)2-1-3-10-7/h1-4H. The molecule has 0 atom stereocenters. The minimum absolute atomic E-state index is 0.497. The molecule has 0 spiro atoms. The van der Waals surface area contributed by atoms with Gasteiger partial charge in [-0.1, -0.05) is 11.6 Å². The third-order valence-electron chi connectivity index (χ3n) is 1.55. The van der Waals surface area contributed by atoms with E-state index in [1.807, 2.05) is 12.1 Å². The van der Waals surface area contributed by atoms with Gasteiger partial charge in [0.15, 0.2) is 6.29 Å². The fraction of sp³-hybridized carbons (Fsp3) is 0. The van der Waals surface area contributed by atoms with Gasteiger partial charge in [-0.05, 0) is 12.1 Å². The Balaban J connectivity index is 2.90. The van der Waals surface area contributed by atoms with Gasteiger partial charge in [-0.15, -0.1) is 11.3 Å². The molecule has 2 aromatic heterocycles. The quantitative estimate of drug-likeness (QED) is 0.658. The van der Waals surface area contributed by atoms with Crippen LogP contribution in [0.4, 0.5) is 0 Å². The second kappa shape index (κ2) is 2.84. The van der Waals surface area contributed by atoms with Crippen molar-refractivity contribution in [2.45, 2.75) is 0 Å². The van der Waals surface area contributed by atoms with Crippen molar-refractivity contribution >= 4 is 39.4 Å². The smallest absolute Gasteiger partial charge is 0.154 e. The van der Waals surface area contributed by atoms with Crippen molar-refractivity contribution in [2.75, 3.05) is 0 Å². The van der Waals surface area contributed by atoms with Crippen molar-refractivity contribution in [3.63, 3.8) is 0 Å². The minimum atomic E-state index is 0.497. The van der Waals surface area contributed by atoms with E-state index in [-0.39, 0.29) is 0 Å². The second-order valence-electron chi connectivity index (χ2n) is 2.26. The monoisotopic (exact) mass is 197 g/mol. The second-order valence-corrected chi connectivity index (χ2v) is 3.91. The number of hydrogen-bond donors (Lipinski definition) is 0. The van der Waals surface area contributed by atoms with E-state index in [1.165, 1.54) is 11.3 Å². The summed E-state index contributed by atoms with van der Waals surface area (Å²) >= 11 is 7.19. The largest absolute Gasteiger partial charge is 0.298 e. The summed E-state index contributed by atoms with van der Waals surface area (Å²) in [6, 6.07) is 3.72. The van der Waals surface area contributed by atoms with Crippen LogP contribution in [0.3, 0.4) is 0 Å². The van der Waals surface area contributed by atoms with Gasteiger partial charge >= 0.3 is 0 Å². The van der Waals surface area contributed by atoms with Crippen LogP contribution in [0.25, 0.3) is 10.2 Å². The Labute approximate surface area is 77.8 Å². The molecule has 0 aromatic carbocycles. The lowest BCUT2D eigenvalue weighted by Gasteiger charge is -1.86. The number of fused-ring (bicyclic) bond motifs is 1. The predicted octanol–water partition coefficient (Wildman–Crippen LogP) is 2.76. The van der Waals surface area contributed by atoms with Gasteiger partial charge in [0.2, 0.25) is 0 Å². The van der Waals surface area contributed by atoms with E-state index in [0.29, 0.717) is 15.4 Å². The number of thiophene rings is 1. The summed E-state index contributed by atoms with van der Waals surface area (Å²) in [5, 5.41) is 0. The van der Waals surface area contributed by atoms with E-state index < -0.39 is 0 Å². The highest BCUT2D eigenvalue weighted by molar-refractivity contribution is 7.23. The SMILES string of the molecule is O=Cc1c(Cl)sc2cccnc12. The number of rotatable bonds is 1. The first kappa shape index (κ1) is 7.71. The third-order valence-corrected chi connectivity index (χ3v) is 2.94. The molecule has 0 unspecified atom stereocenters. The third kappa shape index (κ3) is 1.02. The molecule has 0 aliphatic heterocycles. The number of carbonyl (C=O) groups is 1. The number of aldehydes is 1. The van der Waals surface area contributed by atoms with Crippen molar-refractivity contribution in [2.24, 2.45) is 0 Å². The average Bonchev–Trinajstić information content (AvgIpc) is 2.40. The van der Waals surface area contributed by atoms with Gasteiger partial charge in [-0.2, -0.15) is 0 Å². The van der Waals surface area contributed by atoms with Crippen molar-refractivity contribution in [3.8, 4) is 0 Å². The van der Waals surface area contributed by atoms with E-state index in [0.717, 1.165) is 11.0 Å². The molecule has 4 heteroatoms. The number of nitrogens with zero attached hydrogens (tertiary/aromatic N) is 1. The lowest BCUT2D eigenvalue weighted by atomic mass is 10.3. The maximum absolute atomic E-state index is 10.6. The van der Waals surface area contributed by atoms with Crippen LogP contribution in [0, 0.1) is 0 Å². The predicted molar refractivity (Wildman–Crippen MR) is 50.0 cm³/mol. The van der Waals surface area contributed by atoms with Crippen molar-refractivity contribution in [3.05, 3.63) is 28.2 Å². The molecule has 2 heterocycles. The van der Waals surface area contributed by atoms with Crippen molar-refractivity contribution in [1.29, 1.82) is 0 Å². The molecule has 0 saturated heterocycles. The van der Waals surface area contributed by atoms with E-state index in [9.17, 15) is 4.79 Å². The fourth-order valence-corrected chi connectivity index (χ4v) is 2.26. The first-order valence-corrected chi connectivity index (χ1v) is 4.50. The van der Waals surface area contributed by atoms with Crippen LogP contribution in [0.5, 0.6) is 0 Å². The summed E-state index contributed by atoms with van der Waals surface area (Å²) in [4.78, 5) is 14.7. The summed E-state index contributed by atoms with van der Waals surface area (Å²) in [7, 11) is 0. The Hall–Kier alpha value is -0.930. The maximum atomic E-state index is 10.6.